The topological polar surface area (TPSA) is 47.6 Å². The van der Waals surface area contributed by atoms with Gasteiger partial charge < -0.3 is 9.47 Å². The number of nitrogens with one attached hydrogen (secondary N) is 1. The molecule has 2 fully saturated rings. The number of hydrogen-bond donors (Lipinski definition) is 1. The molecular formula is C22H17ClF3NO3. The molecule has 1 saturated carbocycles. The summed E-state index contributed by atoms with van der Waals surface area (Å²) in [6.45, 7) is 3.92. The number of alkyl halides is 3. The highest BCUT2D eigenvalue weighted by Crippen LogP contribution is 2.58. The van der Waals surface area contributed by atoms with Gasteiger partial charge in [0, 0.05) is 5.92 Å². The standard InChI is InChI=1S/C22H17ClF3NO3/c1-10-20(30-21(28)27-10)19-12-6-11(7-12)16-9-14(3-4-15(16)19)29-18-5-2-13(8-17(18)23)22(24,25)26/h2-5,8-9,11-12,19-20H,1,6-7H2,(H,27,28)/t11?,12?,19-,20?/m1/s1. The van der Waals surface area contributed by atoms with Gasteiger partial charge in [0.2, 0.25) is 0 Å². The van der Waals surface area contributed by atoms with E-state index in [4.69, 9.17) is 21.1 Å². The van der Waals surface area contributed by atoms with Crippen LogP contribution in [0.15, 0.2) is 48.7 Å². The first kappa shape index (κ1) is 19.3. The predicted octanol–water partition coefficient (Wildman–Crippen LogP) is 6.36. The van der Waals surface area contributed by atoms with Crippen molar-refractivity contribution in [3.8, 4) is 11.5 Å². The number of carbonyl (C=O) groups excluding carboxylic acids is 1. The first-order chi connectivity index (χ1) is 14.2. The molecule has 30 heavy (non-hydrogen) atoms. The number of rotatable bonds is 3. The molecule has 0 spiro atoms. The smallest absolute Gasteiger partial charge is 0.416 e. The molecule has 156 valence electrons. The third-order valence-corrected chi connectivity index (χ3v) is 6.49. The van der Waals surface area contributed by atoms with Crippen molar-refractivity contribution in [1.82, 2.24) is 5.32 Å². The van der Waals surface area contributed by atoms with E-state index >= 15 is 0 Å². The lowest BCUT2D eigenvalue weighted by molar-refractivity contribution is -0.137. The van der Waals surface area contributed by atoms with E-state index in [0.717, 1.165) is 36.1 Å². The molecule has 4 aliphatic rings. The zero-order chi connectivity index (χ0) is 21.2. The summed E-state index contributed by atoms with van der Waals surface area (Å²) in [5.74, 6) is 1.50. The van der Waals surface area contributed by atoms with Gasteiger partial charge in [-0.3, -0.25) is 5.32 Å². The van der Waals surface area contributed by atoms with E-state index in [-0.39, 0.29) is 16.7 Å². The highest BCUT2D eigenvalue weighted by molar-refractivity contribution is 6.32. The van der Waals surface area contributed by atoms with E-state index in [9.17, 15) is 18.0 Å². The average Bonchev–Trinajstić information content (AvgIpc) is 2.98. The van der Waals surface area contributed by atoms with E-state index in [2.05, 4.69) is 11.9 Å². The Labute approximate surface area is 175 Å². The lowest BCUT2D eigenvalue weighted by Gasteiger charge is -2.49. The van der Waals surface area contributed by atoms with Crippen molar-refractivity contribution in [2.24, 2.45) is 5.92 Å². The van der Waals surface area contributed by atoms with Crippen LogP contribution in [0.1, 0.15) is 41.4 Å². The Balaban J connectivity index is 1.43. The molecular weight excluding hydrogens is 419 g/mol. The highest BCUT2D eigenvalue weighted by atomic mass is 35.5. The van der Waals surface area contributed by atoms with Crippen molar-refractivity contribution in [1.29, 1.82) is 0 Å². The van der Waals surface area contributed by atoms with E-state index in [1.165, 1.54) is 6.07 Å². The number of halogens is 4. The maximum Gasteiger partial charge on any atom is 0.416 e. The molecule has 2 bridgehead atoms. The SMILES string of the molecule is C=C1NC(=O)OC1[C@H]1c2ccc(Oc3ccc(C(F)(F)F)cc3Cl)cc2C2CC1C2. The molecule has 1 unspecified atom stereocenters. The zero-order valence-electron chi connectivity index (χ0n) is 15.6. The molecule has 2 aromatic rings. The average molecular weight is 436 g/mol. The fraction of sp³-hybridized carbons (Fsp3) is 0.318. The summed E-state index contributed by atoms with van der Waals surface area (Å²) in [5, 5.41) is 2.52. The van der Waals surface area contributed by atoms with Gasteiger partial charge in [0.05, 0.1) is 16.3 Å². The van der Waals surface area contributed by atoms with Crippen LogP contribution in [-0.2, 0) is 10.9 Å². The Morgan fingerprint density at radius 1 is 1.13 bits per heavy atom. The fourth-order valence-electron chi connectivity index (χ4n) is 4.74. The summed E-state index contributed by atoms with van der Waals surface area (Å²) in [4.78, 5) is 11.6. The highest BCUT2D eigenvalue weighted by Gasteiger charge is 2.50. The Bertz CT molecular complexity index is 1060. The summed E-state index contributed by atoms with van der Waals surface area (Å²) in [6, 6.07) is 8.63. The number of amides is 1. The third-order valence-electron chi connectivity index (χ3n) is 6.19. The molecule has 6 rings (SSSR count). The zero-order valence-corrected chi connectivity index (χ0v) is 16.4. The van der Waals surface area contributed by atoms with Gasteiger partial charge in [0.1, 0.15) is 11.5 Å². The second-order valence-corrected chi connectivity index (χ2v) is 8.37. The maximum atomic E-state index is 12.8. The number of benzene rings is 2. The normalized spacial score (nSPS) is 27.1. The van der Waals surface area contributed by atoms with Crippen LogP contribution >= 0.6 is 11.6 Å². The molecule has 2 atom stereocenters. The fourth-order valence-corrected chi connectivity index (χ4v) is 4.96. The predicted molar refractivity (Wildman–Crippen MR) is 104 cm³/mol. The molecule has 0 radical (unpaired) electrons. The second-order valence-electron chi connectivity index (χ2n) is 7.97. The van der Waals surface area contributed by atoms with Gasteiger partial charge in [0.25, 0.3) is 0 Å². The van der Waals surface area contributed by atoms with Crippen LogP contribution in [0.5, 0.6) is 11.5 Å². The van der Waals surface area contributed by atoms with Crippen LogP contribution in [-0.4, -0.2) is 12.2 Å². The van der Waals surface area contributed by atoms with Gasteiger partial charge >= 0.3 is 12.3 Å². The van der Waals surface area contributed by atoms with Gasteiger partial charge in [0.15, 0.2) is 6.10 Å². The van der Waals surface area contributed by atoms with Crippen LogP contribution in [0.3, 0.4) is 0 Å². The van der Waals surface area contributed by atoms with Crippen molar-refractivity contribution in [2.45, 2.75) is 37.0 Å². The number of carbonyl (C=O) groups is 1. The van der Waals surface area contributed by atoms with Gasteiger partial charge in [-0.05, 0) is 66.1 Å². The van der Waals surface area contributed by atoms with Gasteiger partial charge in [-0.15, -0.1) is 0 Å². The van der Waals surface area contributed by atoms with Crippen molar-refractivity contribution in [2.75, 3.05) is 0 Å². The first-order valence-electron chi connectivity index (χ1n) is 9.55. The molecule has 8 heteroatoms. The summed E-state index contributed by atoms with van der Waals surface area (Å²) < 4.78 is 49.8. The number of ether oxygens (including phenoxy) is 2. The molecule has 4 nitrogen and oxygen atoms in total. The molecule has 1 amide bonds. The molecule has 1 saturated heterocycles. The first-order valence-corrected chi connectivity index (χ1v) is 9.93. The van der Waals surface area contributed by atoms with Crippen molar-refractivity contribution in [3.05, 3.63) is 70.4 Å². The Kier molecular flexibility index (Phi) is 4.29. The largest absolute Gasteiger partial charge is 0.456 e. The Hall–Kier alpha value is -2.67. The quantitative estimate of drug-likeness (QED) is 0.609. The molecule has 1 aliphatic heterocycles. The summed E-state index contributed by atoms with van der Waals surface area (Å²) in [5.41, 5.74) is 1.95. The monoisotopic (exact) mass is 435 g/mol. The van der Waals surface area contributed by atoms with Crippen LogP contribution in [0.2, 0.25) is 5.02 Å². The second kappa shape index (κ2) is 6.67. The molecule has 2 aromatic carbocycles. The van der Waals surface area contributed by atoms with Crippen LogP contribution in [0.25, 0.3) is 0 Å². The number of cyclic esters (lactones) is 1. The van der Waals surface area contributed by atoms with Crippen molar-refractivity contribution >= 4 is 17.7 Å². The number of hydrogen-bond acceptors (Lipinski definition) is 3. The van der Waals surface area contributed by atoms with Crippen LogP contribution in [0.4, 0.5) is 18.0 Å². The van der Waals surface area contributed by atoms with E-state index in [0.29, 0.717) is 23.3 Å². The molecule has 1 N–H and O–H groups in total. The Morgan fingerprint density at radius 3 is 2.53 bits per heavy atom. The minimum atomic E-state index is -4.47. The van der Waals surface area contributed by atoms with Crippen LogP contribution < -0.4 is 10.1 Å². The maximum absolute atomic E-state index is 12.8. The molecule has 0 aromatic heterocycles. The van der Waals surface area contributed by atoms with Gasteiger partial charge in [-0.2, -0.15) is 13.2 Å². The molecule has 1 heterocycles. The number of alkyl carbamates (subject to hydrolysis) is 1. The third kappa shape index (κ3) is 3.12. The van der Waals surface area contributed by atoms with Crippen molar-refractivity contribution in [3.63, 3.8) is 0 Å². The lowest BCUT2D eigenvalue weighted by atomic mass is 9.56. The summed E-state index contributed by atoms with van der Waals surface area (Å²) >= 11 is 6.01. The van der Waals surface area contributed by atoms with Crippen LogP contribution in [0, 0.1) is 5.92 Å². The molecule has 3 aliphatic carbocycles. The summed E-state index contributed by atoms with van der Waals surface area (Å²) in [6.07, 6.45) is -3.37. The minimum absolute atomic E-state index is 0.0279. The van der Waals surface area contributed by atoms with Crippen molar-refractivity contribution < 1.29 is 27.4 Å². The van der Waals surface area contributed by atoms with E-state index in [1.807, 2.05) is 12.1 Å². The Morgan fingerprint density at radius 2 is 1.90 bits per heavy atom. The van der Waals surface area contributed by atoms with E-state index < -0.39 is 23.9 Å². The summed E-state index contributed by atoms with van der Waals surface area (Å²) in [7, 11) is 0. The minimum Gasteiger partial charge on any atom is -0.456 e. The lowest BCUT2D eigenvalue weighted by Crippen LogP contribution is -2.40. The van der Waals surface area contributed by atoms with Gasteiger partial charge in [-0.1, -0.05) is 24.2 Å². The van der Waals surface area contributed by atoms with E-state index in [1.54, 1.807) is 6.07 Å². The van der Waals surface area contributed by atoms with Gasteiger partial charge in [-0.25, -0.2) is 4.79 Å².